The molecule has 0 bridgehead atoms. The second-order valence-electron chi connectivity index (χ2n) is 0. The molecule has 0 saturated heterocycles. The van der Waals surface area contributed by atoms with E-state index in [4.69, 9.17) is 12.2 Å². The summed E-state index contributed by atoms with van der Waals surface area (Å²) in [6.45, 7) is 0. The highest BCUT2D eigenvalue weighted by molar-refractivity contribution is 5.76. The summed E-state index contributed by atoms with van der Waals surface area (Å²) in [5.41, 5.74) is 0. The van der Waals surface area contributed by atoms with E-state index in [0.717, 1.165) is 0 Å². The molecule has 1 nitrogen and oxygen atoms in total. The third-order valence-corrected chi connectivity index (χ3v) is 0. The predicted molar refractivity (Wildman–Crippen MR) is 16.7 cm³/mol. The summed E-state index contributed by atoms with van der Waals surface area (Å²) < 4.78 is 0. The molecule has 0 amide bonds. The fourth-order valence-corrected chi connectivity index (χ4v) is 0. The highest BCUT2D eigenvalue weighted by atomic mass is 27.0. The zero-order valence-electron chi connectivity index (χ0n) is 2.23. The lowest BCUT2D eigenvalue weighted by molar-refractivity contribution is 0.464. The van der Waals surface area contributed by atoms with Crippen LogP contribution >= 0.6 is 0 Å². The average Bonchev–Trinajstić information content (AvgIpc) is 1.00. The molecule has 0 saturated carbocycles. The van der Waals surface area contributed by atoms with Crippen LogP contribution in [0, 0.1) is 7.11 Å². The van der Waals surface area contributed by atoms with Crippen LogP contribution in [0.5, 0.6) is 0 Å². The van der Waals surface area contributed by atoms with Crippen molar-refractivity contribution in [3.8, 4) is 0 Å². The number of aliphatic hydroxyl groups is 1. The van der Waals surface area contributed by atoms with Gasteiger partial charge < -0.3 is 5.11 Å². The van der Waals surface area contributed by atoms with E-state index < -0.39 is 0 Å². The van der Waals surface area contributed by atoms with Crippen LogP contribution in [0.3, 0.4) is 0 Å². The minimum Gasteiger partial charge on any atom is -0.380 e. The number of hydrogen-bond donors (Lipinski definition) is 1. The first kappa shape index (κ1) is 18.7. The summed E-state index contributed by atoms with van der Waals surface area (Å²) in [7, 11) is 4.75. The van der Waals surface area contributed by atoms with Crippen molar-refractivity contribution in [1.29, 1.82) is 0 Å². The lowest BCUT2D eigenvalue weighted by atomic mass is 11.8. The molecule has 0 rings (SSSR count). The zero-order chi connectivity index (χ0) is 2.00. The third-order valence-electron chi connectivity index (χ3n) is 0. The Labute approximate surface area is 52.7 Å². The lowest BCUT2D eigenvalue weighted by Gasteiger charge is -1.14. The summed E-state index contributed by atoms with van der Waals surface area (Å²) in [6.07, 6.45) is 0. The van der Waals surface area contributed by atoms with E-state index in [-0.39, 0.29) is 40.4 Å². The van der Waals surface area contributed by atoms with Crippen LogP contribution in [0.4, 0.5) is 0 Å². The fourth-order valence-electron chi connectivity index (χ4n) is 0. The van der Waals surface area contributed by atoms with E-state index in [2.05, 4.69) is 0 Å². The molecule has 0 spiro atoms. The lowest BCUT2D eigenvalue weighted by Crippen LogP contribution is -1.12. The van der Waals surface area contributed by atoms with Gasteiger partial charge >= 0.3 is 0 Å². The molecule has 0 aliphatic rings. The van der Waals surface area contributed by atoms with Gasteiger partial charge in [0.25, 0.3) is 0 Å². The van der Waals surface area contributed by atoms with E-state index in [9.17, 15) is 0 Å². The Balaban J connectivity index is -0.00000000500. The Bertz CT molecular complexity index is 8.00. The van der Waals surface area contributed by atoms with Gasteiger partial charge in [0, 0.05) is 40.4 Å². The van der Waals surface area contributed by atoms with Gasteiger partial charge in [-0.3, -0.25) is 0 Å². The SMILES string of the molecule is [Al].[C]O.[Mg]. The molecule has 16 valence electrons. The maximum atomic E-state index is 6.25. The smallest absolute Gasteiger partial charge is 0.169 e. The zero-order valence-corrected chi connectivity index (χ0v) is 4.80. The molecule has 3 heteroatoms. The Morgan fingerprint density at radius 3 is 1.25 bits per heavy atom. The van der Waals surface area contributed by atoms with E-state index in [0.29, 0.717) is 0 Å². The molecule has 0 unspecified atom stereocenters. The third kappa shape index (κ3) is 10.5. The first-order chi connectivity index (χ1) is 1.00. The molecule has 4 heavy (non-hydrogen) atoms. The largest absolute Gasteiger partial charge is 0.380 e. The Hall–Kier alpha value is 1.26. The number of aliphatic hydroxyl groups excluding tert-OH is 1. The van der Waals surface area contributed by atoms with E-state index in [1.807, 2.05) is 0 Å². The van der Waals surface area contributed by atoms with Crippen LogP contribution in [-0.4, -0.2) is 45.5 Å². The van der Waals surface area contributed by atoms with Crippen LogP contribution in [0.2, 0.25) is 0 Å². The molecule has 0 aromatic rings. The van der Waals surface area contributed by atoms with Gasteiger partial charge in [-0.15, -0.1) is 0 Å². The molecular formula is CHAlMgO. The molecule has 0 fully saturated rings. The fraction of sp³-hybridized carbons (Fsp3) is 0. The Morgan fingerprint density at radius 1 is 1.25 bits per heavy atom. The van der Waals surface area contributed by atoms with E-state index in [1.54, 1.807) is 0 Å². The number of rotatable bonds is 0. The first-order valence-corrected chi connectivity index (χ1v) is 0.224. The molecule has 8 radical (unpaired) electrons. The molecular weight excluding hydrogens is 79.3 g/mol. The highest BCUT2D eigenvalue weighted by Gasteiger charge is 0.931. The molecule has 0 aromatic heterocycles. The molecule has 0 aliphatic heterocycles. The van der Waals surface area contributed by atoms with Gasteiger partial charge in [-0.25, -0.2) is 0 Å². The van der Waals surface area contributed by atoms with Crippen LogP contribution in [0.15, 0.2) is 0 Å². The van der Waals surface area contributed by atoms with Crippen molar-refractivity contribution in [3.05, 3.63) is 7.11 Å². The minimum absolute atomic E-state index is 0. The van der Waals surface area contributed by atoms with Crippen molar-refractivity contribution < 1.29 is 5.11 Å². The molecule has 0 aliphatic carbocycles. The second-order valence-corrected chi connectivity index (χ2v) is 0. The van der Waals surface area contributed by atoms with Crippen molar-refractivity contribution in [2.45, 2.75) is 0 Å². The van der Waals surface area contributed by atoms with Crippen LogP contribution in [0.1, 0.15) is 0 Å². The van der Waals surface area contributed by atoms with E-state index >= 15 is 0 Å². The summed E-state index contributed by atoms with van der Waals surface area (Å²) >= 11 is 0. The standard InChI is InChI=1S/CHO.Al.Mg/c1-2;;/h2H;;. The van der Waals surface area contributed by atoms with Crippen LogP contribution in [0.25, 0.3) is 0 Å². The van der Waals surface area contributed by atoms with E-state index in [1.165, 1.54) is 0 Å². The van der Waals surface area contributed by atoms with Crippen LogP contribution < -0.4 is 0 Å². The average molecular weight is 80.3 g/mol. The summed E-state index contributed by atoms with van der Waals surface area (Å²) in [6, 6.07) is 0. The quantitative estimate of drug-likeness (QED) is 0.376. The van der Waals surface area contributed by atoms with Crippen molar-refractivity contribution in [2.24, 2.45) is 0 Å². The van der Waals surface area contributed by atoms with Gasteiger partial charge in [0.15, 0.2) is 7.11 Å². The van der Waals surface area contributed by atoms with Crippen LogP contribution in [-0.2, 0) is 0 Å². The predicted octanol–water partition coefficient (Wildman–Crippen LogP) is -0.857. The minimum atomic E-state index is 0. The maximum absolute atomic E-state index is 6.25. The molecule has 0 aromatic carbocycles. The van der Waals surface area contributed by atoms with Crippen molar-refractivity contribution in [3.63, 3.8) is 0 Å². The van der Waals surface area contributed by atoms with Crippen molar-refractivity contribution in [1.82, 2.24) is 0 Å². The monoisotopic (exact) mass is 80.0 g/mol. The first-order valence-electron chi connectivity index (χ1n) is 0.224. The summed E-state index contributed by atoms with van der Waals surface area (Å²) in [5, 5.41) is 6.25. The molecule has 0 atom stereocenters. The summed E-state index contributed by atoms with van der Waals surface area (Å²) in [5.74, 6) is 0. The summed E-state index contributed by atoms with van der Waals surface area (Å²) in [4.78, 5) is 0. The van der Waals surface area contributed by atoms with Gasteiger partial charge in [0.05, 0.1) is 0 Å². The normalized spacial score (nSPS) is 1.50. The van der Waals surface area contributed by atoms with Gasteiger partial charge in [0.2, 0.25) is 0 Å². The topological polar surface area (TPSA) is 20.2 Å². The van der Waals surface area contributed by atoms with Gasteiger partial charge in [-0.05, 0) is 0 Å². The second kappa shape index (κ2) is 28.5. The Kier molecular flexibility index (Phi) is 133. The molecule has 0 heterocycles. The number of hydrogen-bond acceptors (Lipinski definition) is 1. The van der Waals surface area contributed by atoms with Gasteiger partial charge in [-0.2, -0.15) is 0 Å². The maximum Gasteiger partial charge on any atom is 0.169 e. The van der Waals surface area contributed by atoms with Crippen molar-refractivity contribution in [2.75, 3.05) is 0 Å². The highest BCUT2D eigenvalue weighted by Crippen LogP contribution is 0.913. The molecule has 1 N–H and O–H groups in total. The van der Waals surface area contributed by atoms with Gasteiger partial charge in [-0.1, -0.05) is 0 Å². The Morgan fingerprint density at radius 2 is 1.25 bits per heavy atom. The van der Waals surface area contributed by atoms with Crippen molar-refractivity contribution >= 4 is 40.4 Å². The van der Waals surface area contributed by atoms with Gasteiger partial charge in [0.1, 0.15) is 0 Å².